The van der Waals surface area contributed by atoms with Crippen molar-refractivity contribution < 1.29 is 4.74 Å². The lowest BCUT2D eigenvalue weighted by Gasteiger charge is -2.38. The molecule has 1 aliphatic heterocycles. The molecule has 3 rings (SSSR count). The normalized spacial score (nSPS) is 23.0. The molecule has 0 spiro atoms. The van der Waals surface area contributed by atoms with Gasteiger partial charge in [-0.05, 0) is 24.6 Å². The Bertz CT molecular complexity index is 647. The van der Waals surface area contributed by atoms with E-state index < -0.39 is 0 Å². The van der Waals surface area contributed by atoms with Crippen LogP contribution in [-0.4, -0.2) is 53.8 Å². The second kappa shape index (κ2) is 6.56. The maximum atomic E-state index is 5.88. The van der Waals surface area contributed by atoms with E-state index in [1.165, 1.54) is 11.9 Å². The number of nitrogens with two attached hydrogens (primary N) is 1. The van der Waals surface area contributed by atoms with Crippen molar-refractivity contribution in [1.29, 1.82) is 0 Å². The van der Waals surface area contributed by atoms with Gasteiger partial charge in [0, 0.05) is 44.2 Å². The molecule has 0 saturated carbocycles. The molecule has 0 radical (unpaired) electrons. The fourth-order valence-corrected chi connectivity index (χ4v) is 2.98. The monoisotopic (exact) mass is 301 g/mol. The van der Waals surface area contributed by atoms with Crippen molar-refractivity contribution in [3.8, 4) is 0 Å². The molecule has 22 heavy (non-hydrogen) atoms. The Morgan fingerprint density at radius 2 is 2.27 bits per heavy atom. The van der Waals surface area contributed by atoms with Crippen LogP contribution in [0.15, 0.2) is 24.5 Å². The van der Waals surface area contributed by atoms with Crippen LogP contribution in [0.25, 0.3) is 10.9 Å². The minimum Gasteiger partial charge on any atom is -0.383 e. The predicted octanol–water partition coefficient (Wildman–Crippen LogP) is 1.02. The van der Waals surface area contributed by atoms with E-state index in [0.717, 1.165) is 37.1 Å². The molecule has 2 aromatic rings. The highest BCUT2D eigenvalue weighted by Crippen LogP contribution is 2.20. The lowest BCUT2D eigenvalue weighted by molar-refractivity contribution is 0.0840. The summed E-state index contributed by atoms with van der Waals surface area (Å²) in [6, 6.07) is 7.12. The summed E-state index contributed by atoms with van der Waals surface area (Å²) < 4.78 is 5.27. The molecule has 1 fully saturated rings. The molecule has 1 aromatic heterocycles. The van der Waals surface area contributed by atoms with Crippen molar-refractivity contribution in [2.45, 2.75) is 25.6 Å². The summed E-state index contributed by atoms with van der Waals surface area (Å²) in [6.45, 7) is 5.86. The van der Waals surface area contributed by atoms with Crippen molar-refractivity contribution in [3.05, 3.63) is 30.1 Å². The standard InChI is InChI=1S/C16H23N5O/c1-11-6-18-13(9-22-2)8-21(11)7-12-3-4-14-15(5-12)19-10-20-16(14)17/h3-5,10-11,13,18H,6-9H2,1-2H3,(H2,17,19,20). The number of piperazine rings is 1. The Kier molecular flexibility index (Phi) is 4.52. The highest BCUT2D eigenvalue weighted by atomic mass is 16.5. The number of fused-ring (bicyclic) bond motifs is 1. The van der Waals surface area contributed by atoms with E-state index in [1.807, 2.05) is 6.07 Å². The fraction of sp³-hybridized carbons (Fsp3) is 0.500. The van der Waals surface area contributed by atoms with Gasteiger partial charge in [-0.1, -0.05) is 6.07 Å². The van der Waals surface area contributed by atoms with E-state index in [2.05, 4.69) is 39.2 Å². The molecule has 0 aliphatic carbocycles. The molecule has 1 aromatic carbocycles. The first kappa shape index (κ1) is 15.1. The second-order valence-corrected chi connectivity index (χ2v) is 5.95. The fourth-order valence-electron chi connectivity index (χ4n) is 2.98. The van der Waals surface area contributed by atoms with Crippen LogP contribution >= 0.6 is 0 Å². The van der Waals surface area contributed by atoms with Gasteiger partial charge in [-0.3, -0.25) is 4.90 Å². The molecule has 0 bridgehead atoms. The zero-order valence-electron chi connectivity index (χ0n) is 13.1. The van der Waals surface area contributed by atoms with Crippen molar-refractivity contribution in [2.24, 2.45) is 0 Å². The smallest absolute Gasteiger partial charge is 0.134 e. The lowest BCUT2D eigenvalue weighted by atomic mass is 10.1. The van der Waals surface area contributed by atoms with E-state index in [1.54, 1.807) is 7.11 Å². The SMILES string of the molecule is COCC1CN(Cc2ccc3c(N)ncnc3c2)C(C)CN1. The van der Waals surface area contributed by atoms with Gasteiger partial charge in [-0.2, -0.15) is 0 Å². The topological polar surface area (TPSA) is 76.3 Å². The summed E-state index contributed by atoms with van der Waals surface area (Å²) >= 11 is 0. The Hall–Kier alpha value is -1.76. The number of hydrogen-bond acceptors (Lipinski definition) is 6. The minimum atomic E-state index is 0.389. The summed E-state index contributed by atoms with van der Waals surface area (Å²) in [5, 5.41) is 4.43. The second-order valence-electron chi connectivity index (χ2n) is 5.95. The summed E-state index contributed by atoms with van der Waals surface area (Å²) in [5.41, 5.74) is 8.03. The minimum absolute atomic E-state index is 0.389. The Morgan fingerprint density at radius 1 is 1.41 bits per heavy atom. The Labute approximate surface area is 130 Å². The maximum Gasteiger partial charge on any atom is 0.134 e. The highest BCUT2D eigenvalue weighted by molar-refractivity contribution is 5.87. The first-order valence-corrected chi connectivity index (χ1v) is 7.63. The van der Waals surface area contributed by atoms with Gasteiger partial charge in [0.2, 0.25) is 0 Å². The van der Waals surface area contributed by atoms with Gasteiger partial charge >= 0.3 is 0 Å². The average Bonchev–Trinajstić information content (AvgIpc) is 2.51. The van der Waals surface area contributed by atoms with Crippen LogP contribution in [0.3, 0.4) is 0 Å². The third-order valence-corrected chi connectivity index (χ3v) is 4.27. The molecule has 6 heteroatoms. The van der Waals surface area contributed by atoms with E-state index in [9.17, 15) is 0 Å². The number of methoxy groups -OCH3 is 1. The van der Waals surface area contributed by atoms with E-state index in [0.29, 0.717) is 17.9 Å². The largest absolute Gasteiger partial charge is 0.383 e. The maximum absolute atomic E-state index is 5.88. The number of nitrogens with zero attached hydrogens (tertiary/aromatic N) is 3. The van der Waals surface area contributed by atoms with Crippen LogP contribution in [0, 0.1) is 0 Å². The number of rotatable bonds is 4. The number of benzene rings is 1. The molecule has 2 atom stereocenters. The first-order chi connectivity index (χ1) is 10.7. The van der Waals surface area contributed by atoms with Crippen LogP contribution in [0.5, 0.6) is 0 Å². The van der Waals surface area contributed by atoms with Crippen molar-refractivity contribution >= 4 is 16.7 Å². The molecule has 2 unspecified atom stereocenters. The van der Waals surface area contributed by atoms with Gasteiger partial charge in [-0.25, -0.2) is 9.97 Å². The molecule has 2 heterocycles. The molecule has 0 amide bonds. The van der Waals surface area contributed by atoms with Crippen molar-refractivity contribution in [1.82, 2.24) is 20.2 Å². The quantitative estimate of drug-likeness (QED) is 0.878. The zero-order chi connectivity index (χ0) is 15.5. The van der Waals surface area contributed by atoms with E-state index in [-0.39, 0.29) is 0 Å². The Morgan fingerprint density at radius 3 is 3.09 bits per heavy atom. The molecular weight excluding hydrogens is 278 g/mol. The molecule has 6 nitrogen and oxygen atoms in total. The third-order valence-electron chi connectivity index (χ3n) is 4.27. The van der Waals surface area contributed by atoms with Gasteiger partial charge in [0.05, 0.1) is 12.1 Å². The summed E-state index contributed by atoms with van der Waals surface area (Å²) in [5.74, 6) is 0.534. The highest BCUT2D eigenvalue weighted by Gasteiger charge is 2.24. The van der Waals surface area contributed by atoms with Gasteiger partial charge in [0.25, 0.3) is 0 Å². The molecular formula is C16H23N5O. The molecule has 118 valence electrons. The number of anilines is 1. The summed E-state index contributed by atoms with van der Waals surface area (Å²) in [4.78, 5) is 10.8. The molecule has 3 N–H and O–H groups in total. The predicted molar refractivity (Wildman–Crippen MR) is 87.5 cm³/mol. The van der Waals surface area contributed by atoms with Crippen LogP contribution in [0.2, 0.25) is 0 Å². The van der Waals surface area contributed by atoms with Crippen molar-refractivity contribution in [3.63, 3.8) is 0 Å². The number of aromatic nitrogens is 2. The van der Waals surface area contributed by atoms with Gasteiger partial charge in [0.1, 0.15) is 12.1 Å². The van der Waals surface area contributed by atoms with Crippen LogP contribution in [-0.2, 0) is 11.3 Å². The van der Waals surface area contributed by atoms with Gasteiger partial charge in [-0.15, -0.1) is 0 Å². The number of nitrogens with one attached hydrogen (secondary N) is 1. The number of ether oxygens (including phenoxy) is 1. The summed E-state index contributed by atoms with van der Waals surface area (Å²) in [7, 11) is 1.75. The van der Waals surface area contributed by atoms with E-state index in [4.69, 9.17) is 10.5 Å². The Balaban J connectivity index is 1.76. The van der Waals surface area contributed by atoms with Crippen LogP contribution in [0.4, 0.5) is 5.82 Å². The van der Waals surface area contributed by atoms with Gasteiger partial charge in [0.15, 0.2) is 0 Å². The van der Waals surface area contributed by atoms with Crippen molar-refractivity contribution in [2.75, 3.05) is 32.5 Å². The van der Waals surface area contributed by atoms with Gasteiger partial charge < -0.3 is 15.8 Å². The number of nitrogen functional groups attached to an aromatic ring is 1. The lowest BCUT2D eigenvalue weighted by Crippen LogP contribution is -2.56. The van der Waals surface area contributed by atoms with Crippen LogP contribution in [0.1, 0.15) is 12.5 Å². The number of hydrogen-bond donors (Lipinski definition) is 2. The zero-order valence-corrected chi connectivity index (χ0v) is 13.1. The third kappa shape index (κ3) is 3.19. The molecule has 1 aliphatic rings. The first-order valence-electron chi connectivity index (χ1n) is 7.63. The summed E-state index contributed by atoms with van der Waals surface area (Å²) in [6.07, 6.45) is 1.52. The van der Waals surface area contributed by atoms with E-state index >= 15 is 0 Å². The van der Waals surface area contributed by atoms with Crippen LogP contribution < -0.4 is 11.1 Å². The average molecular weight is 301 g/mol. The molecule has 1 saturated heterocycles.